The Balaban J connectivity index is 2.11. The molecule has 1 aromatic carbocycles. The van der Waals surface area contributed by atoms with E-state index in [2.05, 4.69) is 5.32 Å². The van der Waals surface area contributed by atoms with Crippen molar-refractivity contribution in [1.82, 2.24) is 5.32 Å². The molecule has 1 N–H and O–H groups in total. The summed E-state index contributed by atoms with van der Waals surface area (Å²) in [5, 5.41) is 3.29. The van der Waals surface area contributed by atoms with Crippen LogP contribution in [0.25, 0.3) is 0 Å². The summed E-state index contributed by atoms with van der Waals surface area (Å²) in [5.41, 5.74) is 1.50. The summed E-state index contributed by atoms with van der Waals surface area (Å²) in [6.45, 7) is 1.05. The van der Waals surface area contributed by atoms with Gasteiger partial charge in [-0.15, -0.1) is 0 Å². The average Bonchev–Trinajstić information content (AvgIpc) is 2.67. The highest BCUT2D eigenvalue weighted by Crippen LogP contribution is 2.40. The van der Waals surface area contributed by atoms with Gasteiger partial charge in [-0.05, 0) is 49.4 Å². The summed E-state index contributed by atoms with van der Waals surface area (Å²) in [4.78, 5) is 0. The monoisotopic (exact) mass is 221 g/mol. The standard InChI is InChI=1S/C14H20FN/c1-16-11-14(7-2-3-8-14)10-12-5-4-6-13(15)9-12/h4-6,9,16H,2-3,7-8,10-11H2,1H3. The normalized spacial score (nSPS) is 18.9. The molecule has 1 aliphatic rings. The summed E-state index contributed by atoms with van der Waals surface area (Å²) in [6, 6.07) is 7.05. The van der Waals surface area contributed by atoms with Crippen molar-refractivity contribution in [3.8, 4) is 0 Å². The van der Waals surface area contributed by atoms with Gasteiger partial charge in [0.1, 0.15) is 5.82 Å². The zero-order valence-corrected chi connectivity index (χ0v) is 9.93. The lowest BCUT2D eigenvalue weighted by Crippen LogP contribution is -2.32. The Bertz CT molecular complexity index is 342. The first-order chi connectivity index (χ1) is 7.74. The summed E-state index contributed by atoms with van der Waals surface area (Å²) in [6.07, 6.45) is 6.17. The van der Waals surface area contributed by atoms with E-state index in [4.69, 9.17) is 0 Å². The second kappa shape index (κ2) is 4.96. The number of nitrogens with one attached hydrogen (secondary N) is 1. The summed E-state index contributed by atoms with van der Waals surface area (Å²) in [5.74, 6) is -0.116. The van der Waals surface area contributed by atoms with E-state index in [9.17, 15) is 4.39 Å². The first kappa shape index (κ1) is 11.6. The Morgan fingerprint density at radius 3 is 2.69 bits per heavy atom. The third kappa shape index (κ3) is 2.62. The van der Waals surface area contributed by atoms with Crippen LogP contribution in [0.15, 0.2) is 24.3 Å². The summed E-state index contributed by atoms with van der Waals surface area (Å²) < 4.78 is 13.1. The van der Waals surface area contributed by atoms with Crippen molar-refractivity contribution in [3.63, 3.8) is 0 Å². The van der Waals surface area contributed by atoms with Gasteiger partial charge >= 0.3 is 0 Å². The molecule has 1 fully saturated rings. The van der Waals surface area contributed by atoms with Crippen LogP contribution < -0.4 is 5.32 Å². The van der Waals surface area contributed by atoms with Gasteiger partial charge in [0, 0.05) is 6.54 Å². The van der Waals surface area contributed by atoms with Crippen LogP contribution in [0.1, 0.15) is 31.2 Å². The van der Waals surface area contributed by atoms with Crippen LogP contribution in [0.2, 0.25) is 0 Å². The fraction of sp³-hybridized carbons (Fsp3) is 0.571. The maximum absolute atomic E-state index is 13.1. The van der Waals surface area contributed by atoms with Crippen LogP contribution in [0.5, 0.6) is 0 Å². The molecule has 2 rings (SSSR count). The molecule has 1 nitrogen and oxygen atoms in total. The van der Waals surface area contributed by atoms with Crippen LogP contribution in [-0.4, -0.2) is 13.6 Å². The van der Waals surface area contributed by atoms with Gasteiger partial charge in [0.05, 0.1) is 0 Å². The molecule has 0 amide bonds. The van der Waals surface area contributed by atoms with Crippen LogP contribution in [-0.2, 0) is 6.42 Å². The highest BCUT2D eigenvalue weighted by atomic mass is 19.1. The third-order valence-corrected chi connectivity index (χ3v) is 3.68. The molecule has 1 saturated carbocycles. The molecule has 0 heterocycles. The number of hydrogen-bond acceptors (Lipinski definition) is 1. The van der Waals surface area contributed by atoms with Gasteiger partial charge in [0.15, 0.2) is 0 Å². The Hall–Kier alpha value is -0.890. The molecule has 1 aromatic rings. The lowest BCUT2D eigenvalue weighted by atomic mass is 9.80. The number of rotatable bonds is 4. The fourth-order valence-electron chi connectivity index (χ4n) is 3.00. The molecular formula is C14H20FN. The topological polar surface area (TPSA) is 12.0 Å². The largest absolute Gasteiger partial charge is 0.319 e. The molecule has 0 spiro atoms. The summed E-state index contributed by atoms with van der Waals surface area (Å²) in [7, 11) is 2.01. The van der Waals surface area contributed by atoms with Crippen molar-refractivity contribution in [1.29, 1.82) is 0 Å². The van der Waals surface area contributed by atoms with E-state index >= 15 is 0 Å². The van der Waals surface area contributed by atoms with Crippen molar-refractivity contribution in [2.24, 2.45) is 5.41 Å². The third-order valence-electron chi connectivity index (χ3n) is 3.68. The molecule has 0 aliphatic heterocycles. The highest BCUT2D eigenvalue weighted by Gasteiger charge is 2.33. The van der Waals surface area contributed by atoms with Gasteiger partial charge in [0.25, 0.3) is 0 Å². The second-order valence-electron chi connectivity index (χ2n) is 5.04. The molecular weight excluding hydrogens is 201 g/mol. The zero-order valence-electron chi connectivity index (χ0n) is 9.93. The van der Waals surface area contributed by atoms with E-state index in [-0.39, 0.29) is 5.82 Å². The molecule has 0 radical (unpaired) electrons. The fourth-order valence-corrected chi connectivity index (χ4v) is 3.00. The van der Waals surface area contributed by atoms with Gasteiger partial charge < -0.3 is 5.32 Å². The summed E-state index contributed by atoms with van der Waals surface area (Å²) >= 11 is 0. The zero-order chi connectivity index (χ0) is 11.4. The van der Waals surface area contributed by atoms with Crippen molar-refractivity contribution in [3.05, 3.63) is 35.6 Å². The minimum Gasteiger partial charge on any atom is -0.319 e. The number of benzene rings is 1. The van der Waals surface area contributed by atoms with Gasteiger partial charge in [-0.2, -0.15) is 0 Å². The molecule has 16 heavy (non-hydrogen) atoms. The smallest absolute Gasteiger partial charge is 0.123 e. The SMILES string of the molecule is CNCC1(Cc2cccc(F)c2)CCCC1. The first-order valence-electron chi connectivity index (χ1n) is 6.13. The Morgan fingerprint density at radius 1 is 1.31 bits per heavy atom. The van der Waals surface area contributed by atoms with Crippen LogP contribution in [0, 0.1) is 11.2 Å². The van der Waals surface area contributed by atoms with Crippen LogP contribution in [0.4, 0.5) is 4.39 Å². The van der Waals surface area contributed by atoms with Crippen molar-refractivity contribution < 1.29 is 4.39 Å². The predicted molar refractivity (Wildman–Crippen MR) is 64.9 cm³/mol. The van der Waals surface area contributed by atoms with E-state index in [0.717, 1.165) is 18.5 Å². The molecule has 0 bridgehead atoms. The molecule has 0 unspecified atom stereocenters. The number of halogens is 1. The maximum Gasteiger partial charge on any atom is 0.123 e. The lowest BCUT2D eigenvalue weighted by Gasteiger charge is -2.29. The van der Waals surface area contributed by atoms with Gasteiger partial charge in [0.2, 0.25) is 0 Å². The molecule has 0 atom stereocenters. The van der Waals surface area contributed by atoms with E-state index in [1.54, 1.807) is 6.07 Å². The van der Waals surface area contributed by atoms with Gasteiger partial charge in [-0.3, -0.25) is 0 Å². The van der Waals surface area contributed by atoms with Crippen LogP contribution >= 0.6 is 0 Å². The molecule has 0 aromatic heterocycles. The van der Waals surface area contributed by atoms with Crippen LogP contribution in [0.3, 0.4) is 0 Å². The highest BCUT2D eigenvalue weighted by molar-refractivity contribution is 5.18. The molecule has 88 valence electrons. The average molecular weight is 221 g/mol. The van der Waals surface area contributed by atoms with E-state index in [1.807, 2.05) is 19.2 Å². The van der Waals surface area contributed by atoms with Gasteiger partial charge in [-0.25, -0.2) is 4.39 Å². The molecule has 1 aliphatic carbocycles. The van der Waals surface area contributed by atoms with Crippen molar-refractivity contribution >= 4 is 0 Å². The predicted octanol–water partition coefficient (Wildman–Crippen LogP) is 3.15. The lowest BCUT2D eigenvalue weighted by molar-refractivity contribution is 0.285. The maximum atomic E-state index is 13.1. The Labute approximate surface area is 97.1 Å². The molecule has 2 heteroatoms. The van der Waals surface area contributed by atoms with Gasteiger partial charge in [-0.1, -0.05) is 25.0 Å². The van der Waals surface area contributed by atoms with E-state index in [1.165, 1.54) is 31.7 Å². The second-order valence-corrected chi connectivity index (χ2v) is 5.04. The number of hydrogen-bond donors (Lipinski definition) is 1. The van der Waals surface area contributed by atoms with E-state index in [0.29, 0.717) is 5.41 Å². The molecule has 0 saturated heterocycles. The Kier molecular flexibility index (Phi) is 3.59. The minimum absolute atomic E-state index is 0.116. The van der Waals surface area contributed by atoms with E-state index < -0.39 is 0 Å². The first-order valence-corrected chi connectivity index (χ1v) is 6.13. The minimum atomic E-state index is -0.116. The quantitative estimate of drug-likeness (QED) is 0.823. The van der Waals surface area contributed by atoms with Crippen molar-refractivity contribution in [2.75, 3.05) is 13.6 Å². The Morgan fingerprint density at radius 2 is 2.06 bits per heavy atom. The van der Waals surface area contributed by atoms with Crippen molar-refractivity contribution in [2.45, 2.75) is 32.1 Å².